The van der Waals surface area contributed by atoms with Crippen LogP contribution < -0.4 is 0 Å². The Morgan fingerprint density at radius 1 is 0.298 bits per heavy atom. The minimum absolute atomic E-state index is 0. The van der Waals surface area contributed by atoms with E-state index in [1.807, 2.05) is 178 Å². The Morgan fingerprint density at radius 2 is 0.632 bits per heavy atom. The highest BCUT2D eigenvalue weighted by Gasteiger charge is 1.96. The summed E-state index contributed by atoms with van der Waals surface area (Å²) in [5.74, 6) is 2.42. The molecule has 1 aromatic carbocycles. The first-order chi connectivity index (χ1) is 25.2. The number of nitrogens with zero attached hydrogens (tertiary/aromatic N) is 3. The highest BCUT2D eigenvalue weighted by molar-refractivity contribution is 5.17. The second-order valence-electron chi connectivity index (χ2n) is 9.85. The van der Waals surface area contributed by atoms with Crippen LogP contribution >= 0.6 is 0 Å². The number of benzene rings is 1. The molecule has 0 saturated heterocycles. The normalized spacial score (nSPS) is 7.23. The van der Waals surface area contributed by atoms with Gasteiger partial charge in [-0.25, -0.2) is 0 Å². The molecule has 0 aliphatic rings. The van der Waals surface area contributed by atoms with Crippen LogP contribution in [0.4, 0.5) is 0 Å². The van der Waals surface area contributed by atoms with E-state index in [9.17, 15) is 0 Å². The zero-order chi connectivity index (χ0) is 42.8. The van der Waals surface area contributed by atoms with Crippen LogP contribution in [-0.4, -0.2) is 15.0 Å². The second kappa shape index (κ2) is 85.0. The molecule has 0 fully saturated rings. The van der Waals surface area contributed by atoms with Crippen LogP contribution in [0.2, 0.25) is 0 Å². The molecule has 0 spiro atoms. The van der Waals surface area contributed by atoms with Gasteiger partial charge in [0.25, 0.3) is 0 Å². The molecule has 0 aliphatic carbocycles. The SMILES string of the molecule is C.C.C.C.C.CC.CC.CC.CC.CC.CC.CC.CC.CC(C)c1ccccc1.CC(C)c1ccccn1.CC(C)c1cccnc1.CC(C)c1ccncc1. The molecule has 0 atom stereocenters. The van der Waals surface area contributed by atoms with E-state index < -0.39 is 0 Å². The van der Waals surface area contributed by atoms with Crippen LogP contribution in [0.25, 0.3) is 0 Å². The van der Waals surface area contributed by atoms with Crippen molar-refractivity contribution < 1.29 is 0 Å². The molecule has 0 N–H and O–H groups in total. The topological polar surface area (TPSA) is 38.7 Å². The van der Waals surface area contributed by atoms with E-state index in [0.29, 0.717) is 23.7 Å². The van der Waals surface area contributed by atoms with Crippen molar-refractivity contribution in [2.75, 3.05) is 0 Å². The van der Waals surface area contributed by atoms with E-state index in [0.717, 1.165) is 5.69 Å². The fourth-order valence-electron chi connectivity index (χ4n) is 3.02. The standard InChI is InChI=1S/C9H12.3C8H11N.8C2H6.5CH4/c1-8(2)9-6-4-3-5-7-9;1-7(2)8-3-5-9-6-4-8;1-7(2)8-4-3-5-9-6-8;1-7(2)8-5-3-4-6-9-8;8*1-2;;;;;/h3-8H,1-2H3;3*3-7H,1-2H3;8*1-2H3;5*1H4. The van der Waals surface area contributed by atoms with E-state index >= 15 is 0 Å². The molecular weight excluding hydrogens is 691 g/mol. The highest BCUT2D eigenvalue weighted by Crippen LogP contribution is 2.12. The van der Waals surface area contributed by atoms with Crippen molar-refractivity contribution in [1.29, 1.82) is 0 Å². The molecule has 0 aliphatic heterocycles. The predicted octanol–water partition coefficient (Wildman–Crippen LogP) is 20.8. The summed E-state index contributed by atoms with van der Waals surface area (Å²) in [4.78, 5) is 12.1. The summed E-state index contributed by atoms with van der Waals surface area (Å²) >= 11 is 0. The first-order valence-electron chi connectivity index (χ1n) is 21.0. The average Bonchev–Trinajstić information content (AvgIpc) is 3.25. The fraction of sp³-hybridized carbons (Fsp3) is 0.611. The zero-order valence-electron chi connectivity index (χ0n) is 39.5. The van der Waals surface area contributed by atoms with Gasteiger partial charge in [0.2, 0.25) is 0 Å². The smallest absolute Gasteiger partial charge is 0.0428 e. The molecule has 4 aromatic rings. The third kappa shape index (κ3) is 67.8. The summed E-state index contributed by atoms with van der Waals surface area (Å²) in [6.07, 6.45) is 9.19. The zero-order valence-corrected chi connectivity index (χ0v) is 39.5. The van der Waals surface area contributed by atoms with Gasteiger partial charge in [0.05, 0.1) is 0 Å². The largest absolute Gasteiger partial charge is 0.265 e. The van der Waals surface area contributed by atoms with Crippen LogP contribution in [0, 0.1) is 0 Å². The van der Waals surface area contributed by atoms with Crippen molar-refractivity contribution in [2.24, 2.45) is 0 Å². The quantitative estimate of drug-likeness (QED) is 0.206. The van der Waals surface area contributed by atoms with E-state index in [1.165, 1.54) is 16.7 Å². The summed E-state index contributed by atoms with van der Waals surface area (Å²) < 4.78 is 0. The summed E-state index contributed by atoms with van der Waals surface area (Å²) in [5.41, 5.74) is 5.23. The molecule has 344 valence electrons. The second-order valence-corrected chi connectivity index (χ2v) is 9.85. The van der Waals surface area contributed by atoms with Crippen LogP contribution in [0.15, 0.2) is 104 Å². The lowest BCUT2D eigenvalue weighted by atomic mass is 10.0. The maximum absolute atomic E-state index is 4.18. The van der Waals surface area contributed by atoms with E-state index in [1.54, 1.807) is 6.20 Å². The van der Waals surface area contributed by atoms with Crippen LogP contribution in [-0.2, 0) is 0 Å². The molecule has 0 bridgehead atoms. The van der Waals surface area contributed by atoms with Crippen molar-refractivity contribution in [3.05, 3.63) is 126 Å². The van der Waals surface area contributed by atoms with Gasteiger partial charge in [-0.2, -0.15) is 0 Å². The lowest BCUT2D eigenvalue weighted by Gasteiger charge is -2.01. The van der Waals surface area contributed by atoms with Crippen molar-refractivity contribution >= 4 is 0 Å². The number of hydrogen-bond acceptors (Lipinski definition) is 3. The monoisotopic (exact) mass is 804 g/mol. The van der Waals surface area contributed by atoms with Crippen molar-refractivity contribution in [2.45, 2.75) is 227 Å². The first kappa shape index (κ1) is 90.0. The van der Waals surface area contributed by atoms with E-state index in [4.69, 9.17) is 0 Å². The van der Waals surface area contributed by atoms with Crippen molar-refractivity contribution in [1.82, 2.24) is 15.0 Å². The van der Waals surface area contributed by atoms with Gasteiger partial charge in [0.15, 0.2) is 0 Å². The van der Waals surface area contributed by atoms with Crippen molar-refractivity contribution in [3.63, 3.8) is 0 Å². The summed E-state index contributed by atoms with van der Waals surface area (Å²) in [7, 11) is 0. The summed E-state index contributed by atoms with van der Waals surface area (Å²) in [6, 6.07) is 24.7. The summed E-state index contributed by atoms with van der Waals surface area (Å²) in [6.45, 7) is 49.4. The molecule has 3 aromatic heterocycles. The maximum atomic E-state index is 4.18. The van der Waals surface area contributed by atoms with Crippen molar-refractivity contribution in [3.8, 4) is 0 Å². The van der Waals surface area contributed by atoms with Crippen LogP contribution in [0.5, 0.6) is 0 Å². The maximum Gasteiger partial charge on any atom is 0.0428 e. The van der Waals surface area contributed by atoms with Gasteiger partial charge in [0, 0.05) is 36.7 Å². The van der Waals surface area contributed by atoms with Gasteiger partial charge in [-0.15, -0.1) is 0 Å². The number of hydrogen-bond donors (Lipinski definition) is 0. The molecule has 0 amide bonds. The molecule has 3 nitrogen and oxygen atoms in total. The van der Waals surface area contributed by atoms with Gasteiger partial charge >= 0.3 is 0 Å². The Kier molecular flexibility index (Phi) is 134. The number of rotatable bonds is 4. The van der Waals surface area contributed by atoms with Crippen LogP contribution in [0.3, 0.4) is 0 Å². The average molecular weight is 805 g/mol. The number of pyridine rings is 3. The Hall–Kier alpha value is -3.33. The third-order valence-electron chi connectivity index (χ3n) is 5.47. The number of aromatic nitrogens is 3. The van der Waals surface area contributed by atoms with E-state index in [-0.39, 0.29) is 37.1 Å². The predicted molar refractivity (Wildman–Crippen MR) is 280 cm³/mol. The lowest BCUT2D eigenvalue weighted by Crippen LogP contribution is -1.88. The first-order valence-corrected chi connectivity index (χ1v) is 21.0. The molecule has 57 heavy (non-hydrogen) atoms. The minimum atomic E-state index is 0. The van der Waals surface area contributed by atoms with Gasteiger partial charge in [-0.3, -0.25) is 15.0 Å². The molecule has 0 unspecified atom stereocenters. The molecule has 0 radical (unpaired) electrons. The Morgan fingerprint density at radius 3 is 0.842 bits per heavy atom. The highest BCUT2D eigenvalue weighted by atomic mass is 14.7. The summed E-state index contributed by atoms with van der Waals surface area (Å²) in [5, 5.41) is 0. The lowest BCUT2D eigenvalue weighted by molar-refractivity contribution is 0.823. The van der Waals surface area contributed by atoms with Gasteiger partial charge in [-0.05, 0) is 70.7 Å². The van der Waals surface area contributed by atoms with Gasteiger partial charge < -0.3 is 0 Å². The van der Waals surface area contributed by atoms with E-state index in [2.05, 4.69) is 101 Å². The Balaban J connectivity index is -0.0000000358. The van der Waals surface area contributed by atoms with Gasteiger partial charge in [-0.1, -0.05) is 246 Å². The van der Waals surface area contributed by atoms with Gasteiger partial charge in [0.1, 0.15) is 0 Å². The Labute approximate surface area is 366 Å². The molecule has 0 saturated carbocycles. The molecule has 3 heteroatoms. The Bertz CT molecular complexity index is 842. The minimum Gasteiger partial charge on any atom is -0.265 e. The van der Waals surface area contributed by atoms with Crippen LogP contribution in [0.1, 0.15) is 249 Å². The fourth-order valence-corrected chi connectivity index (χ4v) is 3.02. The third-order valence-corrected chi connectivity index (χ3v) is 5.47. The molecule has 3 heterocycles. The molecule has 4 rings (SSSR count). The molecular formula is C54H113N3.